The van der Waals surface area contributed by atoms with Crippen LogP contribution < -0.4 is 0 Å². The molecule has 0 aromatic carbocycles. The Bertz CT molecular complexity index is 462. The summed E-state index contributed by atoms with van der Waals surface area (Å²) < 4.78 is 47.4. The Morgan fingerprint density at radius 3 is 2.60 bits per heavy atom. The Morgan fingerprint density at radius 1 is 1.53 bits per heavy atom. The Hall–Kier alpha value is -0.750. The van der Waals surface area contributed by atoms with E-state index in [1.807, 2.05) is 0 Å². The molecule has 84 valence electrons. The monoisotopic (exact) mass is 255 g/mol. The highest BCUT2D eigenvalue weighted by Gasteiger charge is 2.19. The first-order valence-electron chi connectivity index (χ1n) is 4.05. The summed E-state index contributed by atoms with van der Waals surface area (Å²) in [4.78, 5) is 3.08. The zero-order chi connectivity index (χ0) is 11.6. The number of hydrogen-bond donors (Lipinski definition) is 0. The molecule has 0 amide bonds. The van der Waals surface area contributed by atoms with Gasteiger partial charge in [0.15, 0.2) is 9.84 Å². The smallest absolute Gasteiger partial charge is 0.243 e. The predicted octanol–water partition coefficient (Wildman–Crippen LogP) is 2.47. The Balaban J connectivity index is 3.35. The van der Waals surface area contributed by atoms with Gasteiger partial charge in [0.1, 0.15) is 10.0 Å². The van der Waals surface area contributed by atoms with Crippen LogP contribution in [0.15, 0.2) is 17.2 Å². The van der Waals surface area contributed by atoms with Gasteiger partial charge in [-0.3, -0.25) is 0 Å². The molecule has 0 atom stereocenters. The number of sulfone groups is 1. The number of nitrogens with zero attached hydrogens (tertiary/aromatic N) is 1. The highest BCUT2D eigenvalue weighted by atomic mass is 35.5. The lowest BCUT2D eigenvalue weighted by Crippen LogP contribution is -2.06. The number of halogens is 3. The number of alkyl halides is 2. The lowest BCUT2D eigenvalue weighted by atomic mass is 10.3. The summed E-state index contributed by atoms with van der Waals surface area (Å²) in [5, 5.41) is -0.277. The van der Waals surface area contributed by atoms with Crippen LogP contribution in [0.4, 0.5) is 8.78 Å². The van der Waals surface area contributed by atoms with E-state index in [0.29, 0.717) is 0 Å². The van der Waals surface area contributed by atoms with Crippen molar-refractivity contribution in [2.45, 2.75) is 18.2 Å². The minimum atomic E-state index is -3.61. The van der Waals surface area contributed by atoms with Crippen LogP contribution in [-0.2, 0) is 9.84 Å². The molecule has 0 bridgehead atoms. The molecule has 3 nitrogen and oxygen atoms in total. The van der Waals surface area contributed by atoms with E-state index in [-0.39, 0.29) is 15.8 Å². The lowest BCUT2D eigenvalue weighted by molar-refractivity contribution is 0.150. The third-order valence-electron chi connectivity index (χ3n) is 1.80. The van der Waals surface area contributed by atoms with Crippen molar-refractivity contribution >= 4 is 21.4 Å². The summed E-state index contributed by atoms with van der Waals surface area (Å²) in [6, 6.07) is 0.860. The summed E-state index contributed by atoms with van der Waals surface area (Å²) >= 11 is 5.53. The maximum Gasteiger partial charge on any atom is 0.265 e. The lowest BCUT2D eigenvalue weighted by Gasteiger charge is -2.05. The van der Waals surface area contributed by atoms with E-state index < -0.39 is 21.8 Å². The largest absolute Gasteiger partial charge is 0.265 e. The van der Waals surface area contributed by atoms with Gasteiger partial charge in [-0.25, -0.2) is 22.2 Å². The van der Waals surface area contributed by atoms with Gasteiger partial charge in [-0.15, -0.1) is 0 Å². The van der Waals surface area contributed by atoms with Crippen LogP contribution in [0, 0.1) is 0 Å². The molecule has 0 unspecified atom stereocenters. The predicted molar refractivity (Wildman–Crippen MR) is 51.9 cm³/mol. The molecule has 0 aliphatic carbocycles. The molecular formula is C8H8ClF2NO2S. The van der Waals surface area contributed by atoms with Gasteiger partial charge in [-0.2, -0.15) is 0 Å². The SMILES string of the molecule is CCS(=O)(=O)c1cc(C(F)F)cnc1Cl. The Kier molecular flexibility index (Phi) is 3.62. The Morgan fingerprint density at radius 2 is 2.13 bits per heavy atom. The van der Waals surface area contributed by atoms with E-state index >= 15 is 0 Å². The van der Waals surface area contributed by atoms with E-state index in [0.717, 1.165) is 12.3 Å². The molecule has 1 aromatic rings. The molecule has 0 radical (unpaired) electrons. The molecule has 0 N–H and O–H groups in total. The van der Waals surface area contributed by atoms with Gasteiger partial charge in [-0.05, 0) is 6.07 Å². The van der Waals surface area contributed by atoms with Gasteiger partial charge in [0, 0.05) is 11.8 Å². The van der Waals surface area contributed by atoms with Crippen molar-refractivity contribution in [1.29, 1.82) is 0 Å². The molecule has 1 aromatic heterocycles. The molecule has 7 heteroatoms. The maximum atomic E-state index is 12.3. The van der Waals surface area contributed by atoms with E-state index in [2.05, 4.69) is 4.98 Å². The summed E-state index contributed by atoms with van der Waals surface area (Å²) in [6.45, 7) is 1.40. The van der Waals surface area contributed by atoms with Crippen molar-refractivity contribution in [2.24, 2.45) is 0 Å². The molecule has 1 rings (SSSR count). The minimum absolute atomic E-state index is 0.207. The molecular weight excluding hydrogens is 248 g/mol. The van der Waals surface area contributed by atoms with E-state index in [1.165, 1.54) is 6.92 Å². The van der Waals surface area contributed by atoms with Crippen molar-refractivity contribution < 1.29 is 17.2 Å². The molecule has 0 aliphatic rings. The van der Waals surface area contributed by atoms with Crippen LogP contribution in [0.2, 0.25) is 5.15 Å². The van der Waals surface area contributed by atoms with Gasteiger partial charge in [0.05, 0.1) is 5.75 Å². The average molecular weight is 256 g/mol. The fourth-order valence-electron chi connectivity index (χ4n) is 0.936. The fraction of sp³-hybridized carbons (Fsp3) is 0.375. The molecule has 0 saturated carbocycles. The van der Waals surface area contributed by atoms with Crippen LogP contribution in [-0.4, -0.2) is 19.2 Å². The first-order valence-corrected chi connectivity index (χ1v) is 6.08. The van der Waals surface area contributed by atoms with Gasteiger partial charge in [-0.1, -0.05) is 18.5 Å². The zero-order valence-electron chi connectivity index (χ0n) is 7.75. The summed E-state index contributed by atoms with van der Waals surface area (Å²) in [5.74, 6) is -0.207. The highest BCUT2D eigenvalue weighted by Crippen LogP contribution is 2.26. The molecule has 0 spiro atoms. The van der Waals surface area contributed by atoms with Gasteiger partial charge in [0.2, 0.25) is 0 Å². The quantitative estimate of drug-likeness (QED) is 0.780. The first kappa shape index (κ1) is 12.3. The van der Waals surface area contributed by atoms with E-state index in [9.17, 15) is 17.2 Å². The molecule has 0 fully saturated rings. The second-order valence-electron chi connectivity index (χ2n) is 2.76. The Labute approximate surface area is 91.0 Å². The number of hydrogen-bond acceptors (Lipinski definition) is 3. The highest BCUT2D eigenvalue weighted by molar-refractivity contribution is 7.91. The fourth-order valence-corrected chi connectivity index (χ4v) is 2.33. The maximum absolute atomic E-state index is 12.3. The van der Waals surface area contributed by atoms with Gasteiger partial charge >= 0.3 is 0 Å². The number of rotatable bonds is 3. The van der Waals surface area contributed by atoms with E-state index in [4.69, 9.17) is 11.6 Å². The third kappa shape index (κ3) is 2.63. The standard InChI is InChI=1S/C8H8ClF2NO2S/c1-2-15(13,14)6-3-5(8(10)11)4-12-7(6)9/h3-4,8H,2H2,1H3. The van der Waals surface area contributed by atoms with Crippen LogP contribution in [0.1, 0.15) is 18.9 Å². The van der Waals surface area contributed by atoms with E-state index in [1.54, 1.807) is 0 Å². The average Bonchev–Trinajstić information content (AvgIpc) is 2.17. The minimum Gasteiger partial charge on any atom is -0.243 e. The van der Waals surface area contributed by atoms with Crippen molar-refractivity contribution in [3.63, 3.8) is 0 Å². The summed E-state index contributed by atoms with van der Waals surface area (Å²) in [7, 11) is -3.61. The number of aromatic nitrogens is 1. The number of pyridine rings is 1. The van der Waals surface area contributed by atoms with Gasteiger partial charge in [0.25, 0.3) is 6.43 Å². The van der Waals surface area contributed by atoms with Crippen LogP contribution >= 0.6 is 11.6 Å². The van der Waals surface area contributed by atoms with Crippen LogP contribution in [0.3, 0.4) is 0 Å². The van der Waals surface area contributed by atoms with Crippen LogP contribution in [0.5, 0.6) is 0 Å². The van der Waals surface area contributed by atoms with Gasteiger partial charge < -0.3 is 0 Å². The second-order valence-corrected chi connectivity index (χ2v) is 5.37. The third-order valence-corrected chi connectivity index (χ3v) is 3.95. The van der Waals surface area contributed by atoms with Crippen molar-refractivity contribution in [3.05, 3.63) is 23.0 Å². The molecule has 1 heterocycles. The summed E-state index contributed by atoms with van der Waals surface area (Å²) in [5.41, 5.74) is -0.452. The molecule has 0 saturated heterocycles. The van der Waals surface area contributed by atoms with Crippen molar-refractivity contribution in [2.75, 3.05) is 5.75 Å². The van der Waals surface area contributed by atoms with Crippen molar-refractivity contribution in [1.82, 2.24) is 4.98 Å². The first-order chi connectivity index (χ1) is 6.88. The van der Waals surface area contributed by atoms with Crippen molar-refractivity contribution in [3.8, 4) is 0 Å². The molecule has 15 heavy (non-hydrogen) atoms. The van der Waals surface area contributed by atoms with Crippen LogP contribution in [0.25, 0.3) is 0 Å². The normalized spacial score (nSPS) is 12.1. The molecule has 0 aliphatic heterocycles. The summed E-state index contributed by atoms with van der Waals surface area (Å²) in [6.07, 6.45) is -1.90. The second kappa shape index (κ2) is 4.40. The zero-order valence-corrected chi connectivity index (χ0v) is 9.32. The topological polar surface area (TPSA) is 47.0 Å².